The van der Waals surface area contributed by atoms with Gasteiger partial charge in [0.05, 0.1) is 4.47 Å². The molecule has 4 nitrogen and oxygen atoms in total. The largest absolute Gasteiger partial charge is 0.409 e. The van der Waals surface area contributed by atoms with Crippen molar-refractivity contribution in [3.8, 4) is 0 Å². The van der Waals surface area contributed by atoms with Crippen LogP contribution in [0.4, 0.5) is 10.1 Å². The van der Waals surface area contributed by atoms with Crippen LogP contribution < -0.4 is 11.1 Å². The van der Waals surface area contributed by atoms with Crippen LogP contribution in [0, 0.1) is 12.7 Å². The second-order valence-electron chi connectivity index (χ2n) is 3.92. The average Bonchev–Trinajstić information content (AvgIpc) is 2.25. The molecule has 94 valence electrons. The molecule has 1 aromatic rings. The number of aryl methyl sites for hydroxylation is 1. The molecule has 0 aliphatic carbocycles. The van der Waals surface area contributed by atoms with E-state index >= 15 is 0 Å². The SMILES string of the molecule is Cc1cc(Br)c(F)cc1NC(C)C/C(N)=N/O. The maximum Gasteiger partial charge on any atom is 0.141 e. The summed E-state index contributed by atoms with van der Waals surface area (Å²) in [5.41, 5.74) is 7.02. The van der Waals surface area contributed by atoms with Crippen molar-refractivity contribution in [2.75, 3.05) is 5.32 Å². The van der Waals surface area contributed by atoms with Crippen molar-refractivity contribution in [3.63, 3.8) is 0 Å². The van der Waals surface area contributed by atoms with Gasteiger partial charge in [-0.15, -0.1) is 0 Å². The molecule has 17 heavy (non-hydrogen) atoms. The highest BCUT2D eigenvalue weighted by molar-refractivity contribution is 9.10. The summed E-state index contributed by atoms with van der Waals surface area (Å²) >= 11 is 3.12. The lowest BCUT2D eigenvalue weighted by Crippen LogP contribution is -2.24. The van der Waals surface area contributed by atoms with Crippen molar-refractivity contribution >= 4 is 27.5 Å². The molecule has 0 heterocycles. The molecular formula is C11H15BrFN3O. The maximum absolute atomic E-state index is 13.4. The number of nitrogens with two attached hydrogens (primary N) is 1. The Morgan fingerprint density at radius 1 is 1.65 bits per heavy atom. The molecule has 1 rings (SSSR count). The molecule has 0 aromatic heterocycles. The second-order valence-corrected chi connectivity index (χ2v) is 4.78. The van der Waals surface area contributed by atoms with Crippen LogP contribution in [0.15, 0.2) is 21.8 Å². The number of anilines is 1. The van der Waals surface area contributed by atoms with E-state index in [2.05, 4.69) is 26.4 Å². The lowest BCUT2D eigenvalue weighted by Gasteiger charge is -2.16. The van der Waals surface area contributed by atoms with Gasteiger partial charge in [-0.25, -0.2) is 4.39 Å². The Bertz CT molecular complexity index is 437. The zero-order valence-corrected chi connectivity index (χ0v) is 11.3. The van der Waals surface area contributed by atoms with Crippen molar-refractivity contribution in [3.05, 3.63) is 28.0 Å². The van der Waals surface area contributed by atoms with Crippen LogP contribution in [0.2, 0.25) is 0 Å². The number of rotatable bonds is 4. The summed E-state index contributed by atoms with van der Waals surface area (Å²) in [5, 5.41) is 14.5. The van der Waals surface area contributed by atoms with Crippen LogP contribution in [-0.2, 0) is 0 Å². The number of amidine groups is 1. The molecule has 1 atom stereocenters. The number of halogens is 2. The smallest absolute Gasteiger partial charge is 0.141 e. The third-order valence-corrected chi connectivity index (χ3v) is 2.92. The first-order valence-corrected chi connectivity index (χ1v) is 5.92. The molecule has 0 saturated carbocycles. The van der Waals surface area contributed by atoms with Gasteiger partial charge in [-0.2, -0.15) is 0 Å². The Labute approximate surface area is 108 Å². The molecule has 0 aliphatic rings. The normalized spacial score (nSPS) is 13.5. The number of nitrogens with zero attached hydrogens (tertiary/aromatic N) is 1. The fourth-order valence-corrected chi connectivity index (χ4v) is 1.93. The van der Waals surface area contributed by atoms with Gasteiger partial charge in [-0.05, 0) is 47.5 Å². The second kappa shape index (κ2) is 5.86. The van der Waals surface area contributed by atoms with E-state index in [1.807, 2.05) is 13.8 Å². The summed E-state index contributed by atoms with van der Waals surface area (Å²) in [7, 11) is 0. The van der Waals surface area contributed by atoms with E-state index in [4.69, 9.17) is 10.9 Å². The highest BCUT2D eigenvalue weighted by atomic mass is 79.9. The van der Waals surface area contributed by atoms with E-state index in [1.165, 1.54) is 6.07 Å². The van der Waals surface area contributed by atoms with Crippen LogP contribution in [0.5, 0.6) is 0 Å². The Kier molecular flexibility index (Phi) is 4.74. The van der Waals surface area contributed by atoms with Crippen LogP contribution in [0.1, 0.15) is 18.9 Å². The van der Waals surface area contributed by atoms with Gasteiger partial charge in [0.1, 0.15) is 11.7 Å². The number of oxime groups is 1. The molecule has 4 N–H and O–H groups in total. The Balaban J connectivity index is 2.78. The van der Waals surface area contributed by atoms with Gasteiger partial charge in [-0.3, -0.25) is 0 Å². The summed E-state index contributed by atoms with van der Waals surface area (Å²) < 4.78 is 13.8. The average molecular weight is 304 g/mol. The van der Waals surface area contributed by atoms with Crippen molar-refractivity contribution in [1.82, 2.24) is 0 Å². The van der Waals surface area contributed by atoms with E-state index in [0.29, 0.717) is 16.6 Å². The quantitative estimate of drug-likeness (QED) is 0.347. The minimum Gasteiger partial charge on any atom is -0.409 e. The summed E-state index contributed by atoms with van der Waals surface area (Å²) in [6.45, 7) is 3.75. The highest BCUT2D eigenvalue weighted by Crippen LogP contribution is 2.24. The van der Waals surface area contributed by atoms with Crippen LogP contribution in [0.3, 0.4) is 0 Å². The van der Waals surface area contributed by atoms with E-state index in [0.717, 1.165) is 5.56 Å². The molecule has 1 unspecified atom stereocenters. The minimum atomic E-state index is -0.325. The molecule has 0 radical (unpaired) electrons. The van der Waals surface area contributed by atoms with Crippen molar-refractivity contribution in [2.45, 2.75) is 26.3 Å². The molecular weight excluding hydrogens is 289 g/mol. The van der Waals surface area contributed by atoms with Gasteiger partial charge in [0.15, 0.2) is 0 Å². The standard InChI is InChI=1S/C11H15BrFN3O/c1-6-3-8(12)9(13)5-10(6)15-7(2)4-11(14)16-17/h3,5,7,15,17H,4H2,1-2H3,(H2,14,16). The Morgan fingerprint density at radius 3 is 2.88 bits per heavy atom. The number of nitrogens with one attached hydrogen (secondary N) is 1. The lowest BCUT2D eigenvalue weighted by atomic mass is 10.1. The zero-order chi connectivity index (χ0) is 13.0. The topological polar surface area (TPSA) is 70.6 Å². The fraction of sp³-hybridized carbons (Fsp3) is 0.364. The van der Waals surface area contributed by atoms with Crippen molar-refractivity contribution < 1.29 is 9.60 Å². The molecule has 0 bridgehead atoms. The molecule has 0 aliphatic heterocycles. The predicted octanol–water partition coefficient (Wildman–Crippen LogP) is 2.83. The summed E-state index contributed by atoms with van der Waals surface area (Å²) in [4.78, 5) is 0. The molecule has 0 spiro atoms. The van der Waals surface area contributed by atoms with E-state index in [1.54, 1.807) is 6.07 Å². The first kappa shape index (κ1) is 13.8. The highest BCUT2D eigenvalue weighted by Gasteiger charge is 2.09. The van der Waals surface area contributed by atoms with Gasteiger partial charge < -0.3 is 16.3 Å². The summed E-state index contributed by atoms with van der Waals surface area (Å²) in [6, 6.07) is 3.07. The third kappa shape index (κ3) is 3.89. The minimum absolute atomic E-state index is 0.0508. The first-order valence-electron chi connectivity index (χ1n) is 5.12. The van der Waals surface area contributed by atoms with E-state index in [-0.39, 0.29) is 17.7 Å². The maximum atomic E-state index is 13.4. The fourth-order valence-electron chi connectivity index (χ4n) is 1.47. The monoisotopic (exact) mass is 303 g/mol. The van der Waals surface area contributed by atoms with Gasteiger partial charge in [0.25, 0.3) is 0 Å². The predicted molar refractivity (Wildman–Crippen MR) is 69.9 cm³/mol. The van der Waals surface area contributed by atoms with Crippen molar-refractivity contribution in [2.24, 2.45) is 10.9 Å². The summed E-state index contributed by atoms with van der Waals surface area (Å²) in [6.07, 6.45) is 0.383. The van der Waals surface area contributed by atoms with E-state index < -0.39 is 0 Å². The number of hydrogen-bond donors (Lipinski definition) is 3. The molecule has 0 saturated heterocycles. The van der Waals surface area contributed by atoms with Crippen LogP contribution in [0.25, 0.3) is 0 Å². The number of benzene rings is 1. The van der Waals surface area contributed by atoms with Gasteiger partial charge in [-0.1, -0.05) is 5.16 Å². The first-order chi connectivity index (χ1) is 7.93. The Hall–Kier alpha value is -1.30. The van der Waals surface area contributed by atoms with Crippen LogP contribution in [-0.4, -0.2) is 17.1 Å². The lowest BCUT2D eigenvalue weighted by molar-refractivity contribution is 0.316. The van der Waals surface area contributed by atoms with E-state index in [9.17, 15) is 4.39 Å². The van der Waals surface area contributed by atoms with Crippen LogP contribution >= 0.6 is 15.9 Å². The number of hydrogen-bond acceptors (Lipinski definition) is 3. The summed E-state index contributed by atoms with van der Waals surface area (Å²) in [5.74, 6) is -0.186. The van der Waals surface area contributed by atoms with Gasteiger partial charge >= 0.3 is 0 Å². The molecule has 0 fully saturated rings. The molecule has 1 aromatic carbocycles. The Morgan fingerprint density at radius 2 is 2.29 bits per heavy atom. The van der Waals surface area contributed by atoms with Crippen molar-refractivity contribution in [1.29, 1.82) is 0 Å². The van der Waals surface area contributed by atoms with Gasteiger partial charge in [0, 0.05) is 18.2 Å². The zero-order valence-electron chi connectivity index (χ0n) is 9.67. The van der Waals surface area contributed by atoms with Gasteiger partial charge in [0.2, 0.25) is 0 Å². The third-order valence-electron chi connectivity index (χ3n) is 2.31. The molecule has 6 heteroatoms. The molecule has 0 amide bonds.